The summed E-state index contributed by atoms with van der Waals surface area (Å²) in [5, 5.41) is 12.2. The fourth-order valence-corrected chi connectivity index (χ4v) is 3.57. The van der Waals surface area contributed by atoms with Crippen molar-refractivity contribution in [1.29, 1.82) is 5.26 Å². The van der Waals surface area contributed by atoms with E-state index >= 15 is 0 Å². The number of nitrogens with zero attached hydrogens (tertiary/aromatic N) is 1. The van der Waals surface area contributed by atoms with Crippen molar-refractivity contribution in [2.45, 2.75) is 18.2 Å². The summed E-state index contributed by atoms with van der Waals surface area (Å²) in [4.78, 5) is 11.7. The van der Waals surface area contributed by atoms with Gasteiger partial charge in [-0.3, -0.25) is 4.79 Å². The summed E-state index contributed by atoms with van der Waals surface area (Å²) in [6.07, 6.45) is 0.395. The second-order valence-electron chi connectivity index (χ2n) is 5.34. The van der Waals surface area contributed by atoms with Crippen molar-refractivity contribution in [1.82, 2.24) is 0 Å². The second kappa shape index (κ2) is 7.75. The molecular formula is C18H18N2O3S. The monoisotopic (exact) mass is 342 g/mol. The van der Waals surface area contributed by atoms with Crippen molar-refractivity contribution in [2.24, 2.45) is 0 Å². The summed E-state index contributed by atoms with van der Waals surface area (Å²) in [7, 11) is -3.31. The van der Waals surface area contributed by atoms with E-state index in [-0.39, 0.29) is 11.5 Å². The van der Waals surface area contributed by atoms with E-state index in [2.05, 4.69) is 11.4 Å². The van der Waals surface area contributed by atoms with Crippen LogP contribution in [0.15, 0.2) is 53.4 Å². The number of carbonyl (C=O) groups is 1. The quantitative estimate of drug-likeness (QED) is 0.617. The molecule has 0 unspecified atom stereocenters. The maximum Gasteiger partial charge on any atom is 0.178 e. The molecule has 124 valence electrons. The Morgan fingerprint density at radius 3 is 2.50 bits per heavy atom. The number of hydrogen-bond donors (Lipinski definition) is 1. The molecule has 2 aromatic carbocycles. The Hall–Kier alpha value is -2.65. The van der Waals surface area contributed by atoms with Crippen LogP contribution >= 0.6 is 0 Å². The summed E-state index contributed by atoms with van der Waals surface area (Å²) in [5.41, 5.74) is 1.47. The zero-order chi connectivity index (χ0) is 17.6. The van der Waals surface area contributed by atoms with Gasteiger partial charge in [-0.2, -0.15) is 5.26 Å². The van der Waals surface area contributed by atoms with Crippen LogP contribution in [-0.2, 0) is 9.84 Å². The molecule has 0 aliphatic carbocycles. The van der Waals surface area contributed by atoms with Crippen molar-refractivity contribution in [3.8, 4) is 6.07 Å². The Balaban J connectivity index is 1.99. The van der Waals surface area contributed by atoms with Gasteiger partial charge in [-0.15, -0.1) is 0 Å². The highest BCUT2D eigenvalue weighted by Crippen LogP contribution is 2.18. The van der Waals surface area contributed by atoms with E-state index < -0.39 is 9.84 Å². The fraction of sp³-hybridized carbons (Fsp3) is 0.222. The van der Waals surface area contributed by atoms with E-state index in [0.29, 0.717) is 34.7 Å². The molecule has 1 N–H and O–H groups in total. The molecule has 0 atom stereocenters. The van der Waals surface area contributed by atoms with Crippen LogP contribution in [0.3, 0.4) is 0 Å². The van der Waals surface area contributed by atoms with Gasteiger partial charge in [0, 0.05) is 12.1 Å². The van der Waals surface area contributed by atoms with Gasteiger partial charge in [0.25, 0.3) is 0 Å². The highest BCUT2D eigenvalue weighted by molar-refractivity contribution is 7.91. The summed E-state index contributed by atoms with van der Waals surface area (Å²) < 4.78 is 24.4. The molecule has 24 heavy (non-hydrogen) atoms. The molecule has 2 aromatic rings. The highest BCUT2D eigenvalue weighted by Gasteiger charge is 2.13. The molecular weight excluding hydrogens is 324 g/mol. The predicted octanol–water partition coefficient (Wildman–Crippen LogP) is 3.04. The molecule has 0 aliphatic rings. The Bertz CT molecular complexity index is 869. The Morgan fingerprint density at radius 1 is 1.17 bits per heavy atom. The molecule has 0 bridgehead atoms. The van der Waals surface area contributed by atoms with Crippen molar-refractivity contribution in [3.63, 3.8) is 0 Å². The van der Waals surface area contributed by atoms with Gasteiger partial charge in [-0.05, 0) is 43.7 Å². The van der Waals surface area contributed by atoms with Crippen LogP contribution in [0.4, 0.5) is 5.69 Å². The summed E-state index contributed by atoms with van der Waals surface area (Å²) in [6, 6.07) is 15.2. The van der Waals surface area contributed by atoms with Crippen LogP contribution in [0.1, 0.15) is 29.3 Å². The van der Waals surface area contributed by atoms with Gasteiger partial charge in [-0.25, -0.2) is 8.42 Å². The summed E-state index contributed by atoms with van der Waals surface area (Å²) >= 11 is 0. The second-order valence-corrected chi connectivity index (χ2v) is 7.45. The number of rotatable bonds is 7. The van der Waals surface area contributed by atoms with Gasteiger partial charge in [0.1, 0.15) is 6.07 Å². The number of sulfone groups is 1. The number of ketones is 1. The van der Waals surface area contributed by atoms with Crippen molar-refractivity contribution in [3.05, 3.63) is 59.7 Å². The normalized spacial score (nSPS) is 10.8. The number of benzene rings is 2. The molecule has 0 spiro atoms. The van der Waals surface area contributed by atoms with Crippen LogP contribution in [0.2, 0.25) is 0 Å². The van der Waals surface area contributed by atoms with Crippen molar-refractivity contribution < 1.29 is 13.2 Å². The highest BCUT2D eigenvalue weighted by atomic mass is 32.2. The molecule has 0 fully saturated rings. The zero-order valence-electron chi connectivity index (χ0n) is 13.3. The van der Waals surface area contributed by atoms with Crippen LogP contribution < -0.4 is 5.32 Å². The number of hydrogen-bond acceptors (Lipinski definition) is 5. The molecule has 0 saturated carbocycles. The summed E-state index contributed by atoms with van der Waals surface area (Å²) in [5.74, 6) is -0.0765. The van der Waals surface area contributed by atoms with Gasteiger partial charge in [0.05, 0.1) is 21.9 Å². The van der Waals surface area contributed by atoms with Crippen LogP contribution in [0, 0.1) is 11.3 Å². The first-order valence-corrected chi connectivity index (χ1v) is 9.16. The average molecular weight is 342 g/mol. The van der Waals surface area contributed by atoms with Gasteiger partial charge in [0.2, 0.25) is 0 Å². The van der Waals surface area contributed by atoms with E-state index in [4.69, 9.17) is 5.26 Å². The largest absolute Gasteiger partial charge is 0.384 e. The minimum atomic E-state index is -3.31. The third kappa shape index (κ3) is 4.43. The van der Waals surface area contributed by atoms with E-state index in [9.17, 15) is 13.2 Å². The first-order valence-electron chi connectivity index (χ1n) is 7.51. The first-order chi connectivity index (χ1) is 11.4. The Labute approximate surface area is 141 Å². The smallest absolute Gasteiger partial charge is 0.178 e. The molecule has 0 aromatic heterocycles. The third-order valence-electron chi connectivity index (χ3n) is 3.55. The number of anilines is 1. The zero-order valence-corrected chi connectivity index (χ0v) is 14.1. The molecule has 0 amide bonds. The predicted molar refractivity (Wildman–Crippen MR) is 92.8 cm³/mol. The Kier molecular flexibility index (Phi) is 5.72. The lowest BCUT2D eigenvalue weighted by molar-refractivity contribution is 0.101. The lowest BCUT2D eigenvalue weighted by atomic mass is 10.1. The van der Waals surface area contributed by atoms with Crippen LogP contribution in [0.25, 0.3) is 0 Å². The van der Waals surface area contributed by atoms with Gasteiger partial charge in [-0.1, -0.05) is 18.2 Å². The lowest BCUT2D eigenvalue weighted by Gasteiger charge is -2.10. The van der Waals surface area contributed by atoms with Crippen LogP contribution in [-0.4, -0.2) is 26.5 Å². The van der Waals surface area contributed by atoms with E-state index in [1.165, 1.54) is 6.92 Å². The first kappa shape index (κ1) is 17.7. The molecule has 2 rings (SSSR count). The van der Waals surface area contributed by atoms with Crippen LogP contribution in [0.5, 0.6) is 0 Å². The third-order valence-corrected chi connectivity index (χ3v) is 5.37. The maximum absolute atomic E-state index is 12.2. The SMILES string of the molecule is CC(=O)c1ccc(C#N)c(NCCCS(=O)(=O)c2ccccc2)c1. The lowest BCUT2D eigenvalue weighted by Crippen LogP contribution is -2.12. The Morgan fingerprint density at radius 2 is 1.88 bits per heavy atom. The van der Waals surface area contributed by atoms with E-state index in [1.54, 1.807) is 48.5 Å². The van der Waals surface area contributed by atoms with Gasteiger partial charge in [0.15, 0.2) is 15.6 Å². The molecule has 6 heteroatoms. The standard InChI is InChI=1S/C18H18N2O3S/c1-14(21)15-8-9-16(13-19)18(12-15)20-10-5-11-24(22,23)17-6-3-2-4-7-17/h2-4,6-9,12,20H,5,10-11H2,1H3. The van der Waals surface area contributed by atoms with Crippen molar-refractivity contribution in [2.75, 3.05) is 17.6 Å². The number of nitriles is 1. The molecule has 0 saturated heterocycles. The van der Waals surface area contributed by atoms with E-state index in [1.807, 2.05) is 0 Å². The molecule has 5 nitrogen and oxygen atoms in total. The van der Waals surface area contributed by atoms with E-state index in [0.717, 1.165) is 0 Å². The number of nitrogens with one attached hydrogen (secondary N) is 1. The van der Waals surface area contributed by atoms with Gasteiger partial charge < -0.3 is 5.32 Å². The molecule has 0 aliphatic heterocycles. The number of Topliss-reactive ketones (excluding diaryl/α,β-unsaturated/α-hetero) is 1. The fourth-order valence-electron chi connectivity index (χ4n) is 2.24. The average Bonchev–Trinajstić information content (AvgIpc) is 2.59. The molecule has 0 heterocycles. The minimum Gasteiger partial charge on any atom is -0.384 e. The summed E-state index contributed by atoms with van der Waals surface area (Å²) in [6.45, 7) is 1.85. The minimum absolute atomic E-state index is 0.0122. The molecule has 0 radical (unpaired) electrons. The topological polar surface area (TPSA) is 87.0 Å². The number of carbonyl (C=O) groups excluding carboxylic acids is 1. The van der Waals surface area contributed by atoms with Crippen molar-refractivity contribution >= 4 is 21.3 Å². The van der Waals surface area contributed by atoms with Gasteiger partial charge >= 0.3 is 0 Å². The maximum atomic E-state index is 12.2.